The minimum Gasteiger partial charge on any atom is -0.492 e. The van der Waals surface area contributed by atoms with Gasteiger partial charge < -0.3 is 9.47 Å². The molecule has 150 valence electrons. The van der Waals surface area contributed by atoms with Crippen LogP contribution in [0.3, 0.4) is 0 Å². The monoisotopic (exact) mass is 372 g/mol. The van der Waals surface area contributed by atoms with E-state index in [1.54, 1.807) is 0 Å². The number of nitrogens with zero attached hydrogens (tertiary/aromatic N) is 2. The van der Waals surface area contributed by atoms with Gasteiger partial charge in [-0.25, -0.2) is 0 Å². The van der Waals surface area contributed by atoms with E-state index >= 15 is 0 Å². The van der Waals surface area contributed by atoms with E-state index < -0.39 is 0 Å². The van der Waals surface area contributed by atoms with Crippen molar-refractivity contribution >= 4 is 0 Å². The molecule has 27 heavy (non-hydrogen) atoms. The fraction of sp³-hybridized carbons (Fsp3) is 0.739. The van der Waals surface area contributed by atoms with Crippen LogP contribution in [0.5, 0.6) is 5.75 Å². The Hall–Kier alpha value is -1.10. The van der Waals surface area contributed by atoms with E-state index in [0.717, 1.165) is 63.7 Å². The van der Waals surface area contributed by atoms with E-state index in [2.05, 4.69) is 34.1 Å². The molecule has 0 aromatic heterocycles. The van der Waals surface area contributed by atoms with Gasteiger partial charge in [0.2, 0.25) is 0 Å². The van der Waals surface area contributed by atoms with Crippen LogP contribution in [-0.2, 0) is 11.3 Å². The van der Waals surface area contributed by atoms with E-state index in [0.29, 0.717) is 0 Å². The van der Waals surface area contributed by atoms with Crippen LogP contribution in [0.15, 0.2) is 24.3 Å². The molecule has 0 bridgehead atoms. The molecule has 4 nitrogen and oxygen atoms in total. The normalized spacial score (nSPS) is 22.3. The molecule has 0 radical (unpaired) electrons. The first kappa shape index (κ1) is 19.2. The zero-order chi connectivity index (χ0) is 18.3. The summed E-state index contributed by atoms with van der Waals surface area (Å²) in [6.45, 7) is 7.93. The summed E-state index contributed by atoms with van der Waals surface area (Å²) in [5.41, 5.74) is 1.43. The molecule has 0 N–H and O–H groups in total. The number of rotatable bonds is 9. The summed E-state index contributed by atoms with van der Waals surface area (Å²) in [7, 11) is 0. The Bertz CT molecular complexity index is 546. The molecule has 2 aliphatic carbocycles. The maximum Gasteiger partial charge on any atom is 0.119 e. The van der Waals surface area contributed by atoms with Crippen molar-refractivity contribution in [3.8, 4) is 5.75 Å². The Morgan fingerprint density at radius 1 is 0.963 bits per heavy atom. The van der Waals surface area contributed by atoms with E-state index in [9.17, 15) is 0 Å². The molecule has 3 fully saturated rings. The highest BCUT2D eigenvalue weighted by Gasteiger charge is 2.28. The van der Waals surface area contributed by atoms with Gasteiger partial charge in [0.1, 0.15) is 12.4 Å². The van der Waals surface area contributed by atoms with E-state index in [1.165, 1.54) is 57.1 Å². The van der Waals surface area contributed by atoms with Gasteiger partial charge in [-0.1, -0.05) is 31.4 Å². The Morgan fingerprint density at radius 2 is 1.70 bits per heavy atom. The number of hydrogen-bond donors (Lipinski definition) is 0. The van der Waals surface area contributed by atoms with Gasteiger partial charge in [-0.2, -0.15) is 0 Å². The predicted molar refractivity (Wildman–Crippen MR) is 109 cm³/mol. The molecular formula is C23H36N2O2. The lowest BCUT2D eigenvalue weighted by Gasteiger charge is -2.34. The third-order valence-corrected chi connectivity index (χ3v) is 6.37. The summed E-state index contributed by atoms with van der Waals surface area (Å²) in [5, 5.41) is 0. The summed E-state index contributed by atoms with van der Waals surface area (Å²) < 4.78 is 11.4. The average molecular weight is 373 g/mol. The fourth-order valence-corrected chi connectivity index (χ4v) is 4.46. The van der Waals surface area contributed by atoms with Crippen LogP contribution in [0.1, 0.15) is 50.5 Å². The van der Waals surface area contributed by atoms with E-state index in [4.69, 9.17) is 9.47 Å². The predicted octanol–water partition coefficient (Wildman–Crippen LogP) is 3.94. The van der Waals surface area contributed by atoms with Crippen LogP contribution in [0.25, 0.3) is 0 Å². The molecule has 3 aliphatic rings. The highest BCUT2D eigenvalue weighted by molar-refractivity contribution is 5.27. The lowest BCUT2D eigenvalue weighted by molar-refractivity contribution is 0.0322. The Labute approximate surface area is 164 Å². The summed E-state index contributed by atoms with van der Waals surface area (Å²) in [5.74, 6) is 1.97. The number of ether oxygens (including phenoxy) is 2. The Kier molecular flexibility index (Phi) is 7.05. The van der Waals surface area contributed by atoms with Crippen molar-refractivity contribution in [2.24, 2.45) is 5.92 Å². The lowest BCUT2D eigenvalue weighted by Crippen LogP contribution is -2.38. The number of hydrogen-bond acceptors (Lipinski definition) is 4. The maximum atomic E-state index is 5.96. The number of benzene rings is 1. The molecule has 4 heteroatoms. The van der Waals surface area contributed by atoms with Crippen molar-refractivity contribution < 1.29 is 9.47 Å². The zero-order valence-corrected chi connectivity index (χ0v) is 16.8. The van der Waals surface area contributed by atoms with Crippen LogP contribution in [-0.4, -0.2) is 61.8 Å². The highest BCUT2D eigenvalue weighted by atomic mass is 16.5. The van der Waals surface area contributed by atoms with Crippen molar-refractivity contribution in [2.45, 2.75) is 57.5 Å². The minimum absolute atomic E-state index is 0.759. The molecule has 4 rings (SSSR count). The van der Waals surface area contributed by atoms with E-state index in [-0.39, 0.29) is 0 Å². The van der Waals surface area contributed by atoms with Gasteiger partial charge in [0.25, 0.3) is 0 Å². The fourth-order valence-electron chi connectivity index (χ4n) is 4.46. The molecule has 2 saturated carbocycles. The summed E-state index contributed by atoms with van der Waals surface area (Å²) in [4.78, 5) is 5.20. The first-order valence-corrected chi connectivity index (χ1v) is 11.1. The third kappa shape index (κ3) is 6.20. The minimum atomic E-state index is 0.759. The first-order chi connectivity index (χ1) is 13.4. The quantitative estimate of drug-likeness (QED) is 0.655. The maximum absolute atomic E-state index is 5.96. The lowest BCUT2D eigenvalue weighted by atomic mass is 9.93. The van der Waals surface area contributed by atoms with E-state index in [1.807, 2.05) is 0 Å². The summed E-state index contributed by atoms with van der Waals surface area (Å²) in [6, 6.07) is 9.67. The largest absolute Gasteiger partial charge is 0.492 e. The van der Waals surface area contributed by atoms with Gasteiger partial charge in [0.15, 0.2) is 0 Å². The standard InChI is InChI=1S/C23H36N2O2/c1-2-4-22(5-3-1)25(18-20-6-7-20)19-21-8-10-23(11-9-21)27-17-14-24-12-15-26-16-13-24/h8-11,20,22H,1-7,12-19H2. The van der Waals surface area contributed by atoms with Crippen LogP contribution < -0.4 is 4.74 Å². The molecule has 1 heterocycles. The van der Waals surface area contributed by atoms with Crippen LogP contribution >= 0.6 is 0 Å². The zero-order valence-electron chi connectivity index (χ0n) is 16.8. The topological polar surface area (TPSA) is 24.9 Å². The van der Waals surface area contributed by atoms with Crippen molar-refractivity contribution in [2.75, 3.05) is 46.0 Å². The molecule has 1 aliphatic heterocycles. The molecular weight excluding hydrogens is 336 g/mol. The van der Waals surface area contributed by atoms with Crippen LogP contribution in [0.4, 0.5) is 0 Å². The molecule has 0 spiro atoms. The molecule has 0 unspecified atom stereocenters. The van der Waals surface area contributed by atoms with Crippen molar-refractivity contribution in [3.05, 3.63) is 29.8 Å². The summed E-state index contributed by atoms with van der Waals surface area (Å²) in [6.07, 6.45) is 9.96. The molecule has 1 saturated heterocycles. The second-order valence-electron chi connectivity index (χ2n) is 8.61. The van der Waals surface area contributed by atoms with Gasteiger partial charge in [0.05, 0.1) is 13.2 Å². The second kappa shape index (κ2) is 9.90. The van der Waals surface area contributed by atoms with Gasteiger partial charge in [-0.15, -0.1) is 0 Å². The van der Waals surface area contributed by atoms with Gasteiger partial charge >= 0.3 is 0 Å². The Morgan fingerprint density at radius 3 is 2.41 bits per heavy atom. The molecule has 1 aromatic rings. The average Bonchev–Trinajstić information content (AvgIpc) is 3.54. The Balaban J connectivity index is 1.25. The van der Waals surface area contributed by atoms with Gasteiger partial charge in [-0.05, 0) is 49.3 Å². The van der Waals surface area contributed by atoms with Crippen molar-refractivity contribution in [1.82, 2.24) is 9.80 Å². The molecule has 0 atom stereocenters. The highest BCUT2D eigenvalue weighted by Crippen LogP contribution is 2.33. The molecule has 0 amide bonds. The van der Waals surface area contributed by atoms with Crippen LogP contribution in [0, 0.1) is 5.92 Å². The van der Waals surface area contributed by atoms with Crippen molar-refractivity contribution in [3.63, 3.8) is 0 Å². The van der Waals surface area contributed by atoms with Crippen molar-refractivity contribution in [1.29, 1.82) is 0 Å². The first-order valence-electron chi connectivity index (χ1n) is 11.1. The third-order valence-electron chi connectivity index (χ3n) is 6.37. The van der Waals surface area contributed by atoms with Gasteiger partial charge in [0, 0.05) is 38.8 Å². The summed E-state index contributed by atoms with van der Waals surface area (Å²) >= 11 is 0. The molecule has 1 aromatic carbocycles. The SMILES string of the molecule is c1cc(OCCN2CCOCC2)ccc1CN(CC1CC1)C1CCCCC1. The second-order valence-corrected chi connectivity index (χ2v) is 8.61. The smallest absolute Gasteiger partial charge is 0.119 e. The van der Waals surface area contributed by atoms with Gasteiger partial charge in [-0.3, -0.25) is 9.80 Å². The van der Waals surface area contributed by atoms with Crippen LogP contribution in [0.2, 0.25) is 0 Å². The number of morpholine rings is 1.